The molecule has 0 spiro atoms. The van der Waals surface area contributed by atoms with Gasteiger partial charge in [-0.05, 0) is 19.3 Å². The zero-order valence-electron chi connectivity index (χ0n) is 9.58. The summed E-state index contributed by atoms with van der Waals surface area (Å²) in [6.07, 6.45) is 5.22. The molecule has 15 heavy (non-hydrogen) atoms. The lowest BCUT2D eigenvalue weighted by Gasteiger charge is -2.39. The van der Waals surface area contributed by atoms with Gasteiger partial charge < -0.3 is 4.74 Å². The van der Waals surface area contributed by atoms with Crippen molar-refractivity contribution in [2.75, 3.05) is 19.7 Å². The van der Waals surface area contributed by atoms with Gasteiger partial charge in [0.2, 0.25) is 0 Å². The summed E-state index contributed by atoms with van der Waals surface area (Å²) in [4.78, 5) is 13.7. The van der Waals surface area contributed by atoms with Crippen LogP contribution in [0.1, 0.15) is 39.0 Å². The molecule has 1 saturated carbocycles. The average Bonchev–Trinajstić information content (AvgIpc) is 2.30. The molecule has 0 amide bonds. The molecule has 0 aromatic heterocycles. The van der Waals surface area contributed by atoms with Crippen molar-refractivity contribution < 1.29 is 9.53 Å². The summed E-state index contributed by atoms with van der Waals surface area (Å²) in [5.74, 6) is 0.451. The van der Waals surface area contributed by atoms with E-state index in [2.05, 4.69) is 11.8 Å². The summed E-state index contributed by atoms with van der Waals surface area (Å²) in [7, 11) is 0. The number of carbonyl (C=O) groups excluding carboxylic acids is 1. The summed E-state index contributed by atoms with van der Waals surface area (Å²) >= 11 is 0. The Morgan fingerprint density at radius 3 is 2.80 bits per heavy atom. The molecule has 0 aromatic rings. The molecule has 1 saturated heterocycles. The summed E-state index contributed by atoms with van der Waals surface area (Å²) < 4.78 is 5.66. The Morgan fingerprint density at radius 2 is 2.13 bits per heavy atom. The Morgan fingerprint density at radius 1 is 1.40 bits per heavy atom. The minimum Gasteiger partial charge on any atom is -0.376 e. The third-order valence-electron chi connectivity index (χ3n) is 3.65. The molecule has 1 aliphatic carbocycles. The van der Waals surface area contributed by atoms with E-state index in [1.54, 1.807) is 0 Å². The lowest BCUT2D eigenvalue weighted by Crippen LogP contribution is -2.48. The first-order chi connectivity index (χ1) is 7.29. The lowest BCUT2D eigenvalue weighted by atomic mass is 9.92. The van der Waals surface area contributed by atoms with Crippen LogP contribution < -0.4 is 0 Å². The number of morpholine rings is 1. The van der Waals surface area contributed by atoms with Crippen LogP contribution in [-0.4, -0.2) is 42.5 Å². The number of rotatable bonds is 2. The van der Waals surface area contributed by atoms with E-state index in [0.29, 0.717) is 17.9 Å². The van der Waals surface area contributed by atoms with E-state index in [-0.39, 0.29) is 0 Å². The quantitative estimate of drug-likeness (QED) is 0.695. The zero-order chi connectivity index (χ0) is 10.7. The molecule has 0 aromatic carbocycles. The highest BCUT2D eigenvalue weighted by molar-refractivity contribution is 5.79. The molecule has 0 N–H and O–H groups in total. The fourth-order valence-corrected chi connectivity index (χ4v) is 2.61. The first-order valence-electron chi connectivity index (χ1n) is 6.17. The molecular weight excluding hydrogens is 190 g/mol. The fraction of sp³-hybridized carbons (Fsp3) is 0.917. The monoisotopic (exact) mass is 211 g/mol. The number of nitrogens with zero attached hydrogens (tertiary/aromatic N) is 1. The normalized spacial score (nSPS) is 30.7. The van der Waals surface area contributed by atoms with Crippen LogP contribution in [-0.2, 0) is 9.53 Å². The summed E-state index contributed by atoms with van der Waals surface area (Å²) in [6.45, 7) is 5.16. The largest absolute Gasteiger partial charge is 0.376 e. The van der Waals surface area contributed by atoms with Gasteiger partial charge in [0.15, 0.2) is 0 Å². The molecule has 1 unspecified atom stereocenters. The highest BCUT2D eigenvalue weighted by Crippen LogP contribution is 2.22. The van der Waals surface area contributed by atoms with Crippen molar-refractivity contribution in [2.45, 2.75) is 51.2 Å². The minimum atomic E-state index is 0.413. The van der Waals surface area contributed by atoms with Gasteiger partial charge >= 0.3 is 0 Å². The van der Waals surface area contributed by atoms with Gasteiger partial charge in [0, 0.05) is 32.0 Å². The molecule has 0 radical (unpaired) electrons. The third kappa shape index (κ3) is 2.79. The van der Waals surface area contributed by atoms with Crippen molar-refractivity contribution in [3.63, 3.8) is 0 Å². The second kappa shape index (κ2) is 5.08. The maximum absolute atomic E-state index is 11.2. The number of Topliss-reactive ketones (excluding diaryl/α,β-unsaturated/α-hetero) is 1. The number of ether oxygens (including phenoxy) is 1. The lowest BCUT2D eigenvalue weighted by molar-refractivity contribution is -0.122. The summed E-state index contributed by atoms with van der Waals surface area (Å²) in [5.41, 5.74) is 0. The van der Waals surface area contributed by atoms with E-state index in [1.165, 1.54) is 0 Å². The third-order valence-corrected chi connectivity index (χ3v) is 3.65. The van der Waals surface area contributed by atoms with Gasteiger partial charge in [-0.1, -0.05) is 6.92 Å². The second-order valence-electron chi connectivity index (χ2n) is 4.67. The Bertz CT molecular complexity index is 220. The molecule has 0 bridgehead atoms. The van der Waals surface area contributed by atoms with Gasteiger partial charge in [0.25, 0.3) is 0 Å². The maximum Gasteiger partial charge on any atom is 0.133 e. The molecule has 1 aliphatic heterocycles. The predicted molar refractivity (Wildman–Crippen MR) is 58.9 cm³/mol. The second-order valence-corrected chi connectivity index (χ2v) is 4.67. The van der Waals surface area contributed by atoms with E-state index in [1.807, 2.05) is 0 Å². The highest BCUT2D eigenvalue weighted by Gasteiger charge is 2.28. The topological polar surface area (TPSA) is 29.5 Å². The summed E-state index contributed by atoms with van der Waals surface area (Å²) in [5, 5.41) is 0. The Kier molecular flexibility index (Phi) is 3.76. The highest BCUT2D eigenvalue weighted by atomic mass is 16.5. The van der Waals surface area contributed by atoms with Crippen LogP contribution in [0.4, 0.5) is 0 Å². The van der Waals surface area contributed by atoms with Gasteiger partial charge in [-0.15, -0.1) is 0 Å². The van der Waals surface area contributed by atoms with Gasteiger partial charge in [-0.3, -0.25) is 9.69 Å². The van der Waals surface area contributed by atoms with Crippen LogP contribution in [0.15, 0.2) is 0 Å². The SMILES string of the molecule is CCC1CN(C2CCC(=O)CC2)CCO1. The van der Waals surface area contributed by atoms with E-state index < -0.39 is 0 Å². The molecule has 2 fully saturated rings. The van der Waals surface area contributed by atoms with Crippen LogP contribution in [0.5, 0.6) is 0 Å². The van der Waals surface area contributed by atoms with Crippen molar-refractivity contribution in [3.05, 3.63) is 0 Å². The van der Waals surface area contributed by atoms with E-state index >= 15 is 0 Å². The van der Waals surface area contributed by atoms with E-state index in [9.17, 15) is 4.79 Å². The molecule has 2 rings (SSSR count). The van der Waals surface area contributed by atoms with E-state index in [0.717, 1.165) is 51.8 Å². The Labute approximate surface area is 91.8 Å². The Balaban J connectivity index is 1.84. The predicted octanol–water partition coefficient (Wildman–Crippen LogP) is 1.61. The van der Waals surface area contributed by atoms with Crippen molar-refractivity contribution in [1.29, 1.82) is 0 Å². The zero-order valence-corrected chi connectivity index (χ0v) is 9.58. The van der Waals surface area contributed by atoms with Gasteiger partial charge in [-0.2, -0.15) is 0 Å². The fourth-order valence-electron chi connectivity index (χ4n) is 2.61. The minimum absolute atomic E-state index is 0.413. The molecule has 2 aliphatic rings. The van der Waals surface area contributed by atoms with Crippen molar-refractivity contribution in [3.8, 4) is 0 Å². The van der Waals surface area contributed by atoms with Crippen LogP contribution in [0.2, 0.25) is 0 Å². The number of carbonyl (C=O) groups is 1. The molecule has 3 nitrogen and oxygen atoms in total. The van der Waals surface area contributed by atoms with Crippen LogP contribution in [0.3, 0.4) is 0 Å². The van der Waals surface area contributed by atoms with E-state index in [4.69, 9.17) is 4.74 Å². The first-order valence-corrected chi connectivity index (χ1v) is 6.17. The molecule has 1 heterocycles. The number of hydrogen-bond acceptors (Lipinski definition) is 3. The van der Waals surface area contributed by atoms with Crippen LogP contribution in [0, 0.1) is 0 Å². The number of hydrogen-bond donors (Lipinski definition) is 0. The number of ketones is 1. The van der Waals surface area contributed by atoms with Gasteiger partial charge in [0.05, 0.1) is 12.7 Å². The molecule has 86 valence electrons. The van der Waals surface area contributed by atoms with Crippen molar-refractivity contribution in [2.24, 2.45) is 0 Å². The van der Waals surface area contributed by atoms with Crippen LogP contribution >= 0.6 is 0 Å². The molecule has 1 atom stereocenters. The van der Waals surface area contributed by atoms with Crippen molar-refractivity contribution >= 4 is 5.78 Å². The van der Waals surface area contributed by atoms with Crippen LogP contribution in [0.25, 0.3) is 0 Å². The Hall–Kier alpha value is -0.410. The molecule has 3 heteroatoms. The van der Waals surface area contributed by atoms with Gasteiger partial charge in [-0.25, -0.2) is 0 Å². The standard InChI is InChI=1S/C12H21NO2/c1-2-12-9-13(7-8-15-12)10-3-5-11(14)6-4-10/h10,12H,2-9H2,1H3. The average molecular weight is 211 g/mol. The molecular formula is C12H21NO2. The van der Waals surface area contributed by atoms with Crippen molar-refractivity contribution in [1.82, 2.24) is 4.90 Å². The smallest absolute Gasteiger partial charge is 0.133 e. The first kappa shape index (κ1) is 11.1. The maximum atomic E-state index is 11.2. The van der Waals surface area contributed by atoms with Gasteiger partial charge in [0.1, 0.15) is 5.78 Å². The summed E-state index contributed by atoms with van der Waals surface area (Å²) in [6, 6.07) is 0.639.